The van der Waals surface area contributed by atoms with E-state index in [0.717, 1.165) is 12.0 Å². The average Bonchev–Trinajstić information content (AvgIpc) is 2.66. The molecule has 2 rings (SSSR count). The van der Waals surface area contributed by atoms with E-state index in [4.69, 9.17) is 9.47 Å². The molecule has 25 heavy (non-hydrogen) atoms. The molecule has 2 amide bonds. The van der Waals surface area contributed by atoms with Gasteiger partial charge in [0.2, 0.25) is 0 Å². The molecule has 0 aliphatic rings. The summed E-state index contributed by atoms with van der Waals surface area (Å²) < 4.78 is 10.4. The Morgan fingerprint density at radius 2 is 1.76 bits per heavy atom. The van der Waals surface area contributed by atoms with Gasteiger partial charge in [0.25, 0.3) is 0 Å². The topological polar surface area (TPSA) is 79.8 Å². The van der Waals surface area contributed by atoms with Crippen molar-refractivity contribution in [3.8, 4) is 11.5 Å². The van der Waals surface area contributed by atoms with Crippen LogP contribution in [-0.4, -0.2) is 38.4 Å². The number of amides is 2. The van der Waals surface area contributed by atoms with E-state index in [-0.39, 0.29) is 12.6 Å². The Morgan fingerprint density at radius 3 is 2.44 bits per heavy atom. The van der Waals surface area contributed by atoms with E-state index in [1.807, 2.05) is 30.3 Å². The van der Waals surface area contributed by atoms with E-state index in [0.29, 0.717) is 23.6 Å². The first-order valence-electron chi connectivity index (χ1n) is 8.09. The SMILES string of the molecule is COc1ccc(C(O)CNC(=O)NCCc2ccccc2)cc1OC. The summed E-state index contributed by atoms with van der Waals surface area (Å²) in [5.41, 5.74) is 1.80. The maximum absolute atomic E-state index is 11.8. The number of hydrogen-bond donors (Lipinski definition) is 3. The van der Waals surface area contributed by atoms with Crippen LogP contribution in [-0.2, 0) is 6.42 Å². The van der Waals surface area contributed by atoms with Crippen LogP contribution in [0.25, 0.3) is 0 Å². The smallest absolute Gasteiger partial charge is 0.314 e. The van der Waals surface area contributed by atoms with Gasteiger partial charge in [0, 0.05) is 13.1 Å². The second kappa shape index (κ2) is 9.54. The van der Waals surface area contributed by atoms with Crippen LogP contribution in [0.1, 0.15) is 17.2 Å². The number of nitrogens with one attached hydrogen (secondary N) is 2. The van der Waals surface area contributed by atoms with E-state index in [2.05, 4.69) is 10.6 Å². The number of benzene rings is 2. The molecule has 0 saturated carbocycles. The molecular weight excluding hydrogens is 320 g/mol. The minimum Gasteiger partial charge on any atom is -0.493 e. The number of rotatable bonds is 8. The zero-order valence-corrected chi connectivity index (χ0v) is 14.5. The van der Waals surface area contributed by atoms with Crippen LogP contribution < -0.4 is 20.1 Å². The van der Waals surface area contributed by atoms with E-state index < -0.39 is 6.10 Å². The summed E-state index contributed by atoms with van der Waals surface area (Å²) in [5, 5.41) is 15.7. The number of methoxy groups -OCH3 is 2. The van der Waals surface area contributed by atoms with E-state index in [9.17, 15) is 9.90 Å². The molecule has 134 valence electrons. The molecule has 3 N–H and O–H groups in total. The lowest BCUT2D eigenvalue weighted by Gasteiger charge is -2.15. The summed E-state index contributed by atoms with van der Waals surface area (Å²) in [6, 6.07) is 14.8. The Morgan fingerprint density at radius 1 is 1.04 bits per heavy atom. The summed E-state index contributed by atoms with van der Waals surface area (Å²) in [7, 11) is 3.09. The third-order valence-electron chi connectivity index (χ3n) is 3.79. The molecule has 2 aromatic carbocycles. The zero-order valence-electron chi connectivity index (χ0n) is 14.5. The fourth-order valence-electron chi connectivity index (χ4n) is 2.39. The van der Waals surface area contributed by atoms with Crippen molar-refractivity contribution < 1.29 is 19.4 Å². The summed E-state index contributed by atoms with van der Waals surface area (Å²) in [6.07, 6.45) is -0.0772. The van der Waals surface area contributed by atoms with Crippen LogP contribution in [0.4, 0.5) is 4.79 Å². The maximum atomic E-state index is 11.8. The maximum Gasteiger partial charge on any atom is 0.314 e. The van der Waals surface area contributed by atoms with Gasteiger partial charge in [-0.2, -0.15) is 0 Å². The largest absolute Gasteiger partial charge is 0.493 e. The van der Waals surface area contributed by atoms with Crippen molar-refractivity contribution in [2.75, 3.05) is 27.3 Å². The Balaban J connectivity index is 1.77. The minimum atomic E-state index is -0.834. The van der Waals surface area contributed by atoms with Crippen LogP contribution >= 0.6 is 0 Å². The number of ether oxygens (including phenoxy) is 2. The van der Waals surface area contributed by atoms with Crippen molar-refractivity contribution in [3.63, 3.8) is 0 Å². The Hall–Kier alpha value is -2.73. The van der Waals surface area contributed by atoms with Gasteiger partial charge in [-0.3, -0.25) is 0 Å². The van der Waals surface area contributed by atoms with Crippen LogP contribution in [0.3, 0.4) is 0 Å². The van der Waals surface area contributed by atoms with Gasteiger partial charge in [-0.1, -0.05) is 36.4 Å². The number of aliphatic hydroxyl groups is 1. The molecule has 0 aliphatic carbocycles. The van der Waals surface area contributed by atoms with Gasteiger partial charge in [-0.05, 0) is 29.7 Å². The summed E-state index contributed by atoms with van der Waals surface area (Å²) in [6.45, 7) is 0.634. The normalized spacial score (nSPS) is 11.5. The van der Waals surface area contributed by atoms with Crippen LogP contribution in [0.15, 0.2) is 48.5 Å². The van der Waals surface area contributed by atoms with Gasteiger partial charge in [-0.25, -0.2) is 4.79 Å². The molecule has 6 nitrogen and oxygen atoms in total. The number of carbonyl (C=O) groups excluding carboxylic acids is 1. The van der Waals surface area contributed by atoms with Crippen LogP contribution in [0.5, 0.6) is 11.5 Å². The average molecular weight is 344 g/mol. The molecule has 6 heteroatoms. The number of aliphatic hydroxyl groups excluding tert-OH is 1. The monoisotopic (exact) mass is 344 g/mol. The van der Waals surface area contributed by atoms with Gasteiger partial charge in [0.05, 0.1) is 20.3 Å². The fourth-order valence-corrected chi connectivity index (χ4v) is 2.39. The summed E-state index contributed by atoms with van der Waals surface area (Å²) >= 11 is 0. The van der Waals surface area contributed by atoms with Gasteiger partial charge in [0.1, 0.15) is 0 Å². The standard InChI is InChI=1S/C19H24N2O4/c1-24-17-9-8-15(12-18(17)25-2)16(22)13-21-19(23)20-11-10-14-6-4-3-5-7-14/h3-9,12,16,22H,10-11,13H2,1-2H3,(H2,20,21,23). The number of hydrogen-bond acceptors (Lipinski definition) is 4. The highest BCUT2D eigenvalue weighted by atomic mass is 16.5. The quantitative estimate of drug-likeness (QED) is 0.686. The Kier molecular flexibility index (Phi) is 7.10. The van der Waals surface area contributed by atoms with Gasteiger partial charge in [-0.15, -0.1) is 0 Å². The number of carbonyl (C=O) groups is 1. The zero-order chi connectivity index (χ0) is 18.1. The van der Waals surface area contributed by atoms with Crippen LogP contribution in [0.2, 0.25) is 0 Å². The molecule has 0 radical (unpaired) electrons. The predicted molar refractivity (Wildman–Crippen MR) is 96.1 cm³/mol. The summed E-state index contributed by atoms with van der Waals surface area (Å²) in [4.78, 5) is 11.8. The molecule has 0 aromatic heterocycles. The Labute approximate surface area is 147 Å². The molecule has 1 unspecified atom stereocenters. The highest BCUT2D eigenvalue weighted by Gasteiger charge is 2.12. The minimum absolute atomic E-state index is 0.104. The second-order valence-corrected chi connectivity index (χ2v) is 5.50. The van der Waals surface area contributed by atoms with Crippen LogP contribution in [0, 0.1) is 0 Å². The second-order valence-electron chi connectivity index (χ2n) is 5.50. The van der Waals surface area contributed by atoms with Gasteiger partial charge >= 0.3 is 6.03 Å². The van der Waals surface area contributed by atoms with E-state index in [1.54, 1.807) is 25.3 Å². The summed E-state index contributed by atoms with van der Waals surface area (Å²) in [5.74, 6) is 1.12. The lowest BCUT2D eigenvalue weighted by Crippen LogP contribution is -2.38. The van der Waals surface area contributed by atoms with Crippen molar-refractivity contribution in [1.82, 2.24) is 10.6 Å². The lowest BCUT2D eigenvalue weighted by molar-refractivity contribution is 0.172. The van der Waals surface area contributed by atoms with E-state index >= 15 is 0 Å². The lowest BCUT2D eigenvalue weighted by atomic mass is 10.1. The highest BCUT2D eigenvalue weighted by molar-refractivity contribution is 5.73. The van der Waals surface area contributed by atoms with Crippen molar-refractivity contribution in [3.05, 3.63) is 59.7 Å². The molecule has 0 spiro atoms. The number of urea groups is 1. The van der Waals surface area contributed by atoms with Crippen molar-refractivity contribution in [1.29, 1.82) is 0 Å². The third kappa shape index (κ3) is 5.69. The predicted octanol–water partition coefficient (Wildman–Crippen LogP) is 2.28. The van der Waals surface area contributed by atoms with E-state index in [1.165, 1.54) is 7.11 Å². The first-order chi connectivity index (χ1) is 12.1. The molecule has 1 atom stereocenters. The molecule has 0 saturated heterocycles. The Bertz CT molecular complexity index is 676. The van der Waals surface area contributed by atoms with Gasteiger partial charge in [0.15, 0.2) is 11.5 Å². The molecule has 0 aliphatic heterocycles. The van der Waals surface area contributed by atoms with Crippen molar-refractivity contribution >= 4 is 6.03 Å². The van der Waals surface area contributed by atoms with Crippen molar-refractivity contribution in [2.24, 2.45) is 0 Å². The molecule has 0 fully saturated rings. The van der Waals surface area contributed by atoms with Gasteiger partial charge < -0.3 is 25.2 Å². The first kappa shape index (κ1) is 18.6. The highest BCUT2D eigenvalue weighted by Crippen LogP contribution is 2.29. The molecule has 0 heterocycles. The molecular formula is C19H24N2O4. The third-order valence-corrected chi connectivity index (χ3v) is 3.79. The molecule has 0 bridgehead atoms. The first-order valence-corrected chi connectivity index (χ1v) is 8.09. The fraction of sp³-hybridized carbons (Fsp3) is 0.316. The molecule has 2 aromatic rings. The van der Waals surface area contributed by atoms with Crippen molar-refractivity contribution in [2.45, 2.75) is 12.5 Å².